The van der Waals surface area contributed by atoms with Gasteiger partial charge in [-0.05, 0) is 45.1 Å². The first-order valence-corrected chi connectivity index (χ1v) is 7.22. The average Bonchev–Trinajstić information content (AvgIpc) is 2.84. The van der Waals surface area contributed by atoms with Crippen molar-refractivity contribution in [2.24, 2.45) is 0 Å². The molecule has 2 aromatic rings. The van der Waals surface area contributed by atoms with Gasteiger partial charge in [0.2, 0.25) is 0 Å². The number of amides is 1. The molecule has 0 spiro atoms. The Morgan fingerprint density at radius 3 is 3.00 bits per heavy atom. The van der Waals surface area contributed by atoms with Crippen molar-refractivity contribution in [2.75, 3.05) is 26.7 Å². The van der Waals surface area contributed by atoms with Gasteiger partial charge in [-0.1, -0.05) is 6.07 Å². The fourth-order valence-electron chi connectivity index (χ4n) is 3.10. The minimum absolute atomic E-state index is 0.151. The molecule has 20 heavy (non-hydrogen) atoms. The van der Waals surface area contributed by atoms with Crippen LogP contribution in [0.4, 0.5) is 0 Å². The standard InChI is InChI=1S/C16H21N3O/c1-12-11-18(2)9-4-10-19(12)16(20)14-5-3-6-15-13(14)7-8-17-15/h3,5-8,12,17H,4,9-11H2,1-2H3. The molecule has 2 heterocycles. The number of H-pyrrole nitrogens is 1. The molecule has 4 nitrogen and oxygen atoms in total. The van der Waals surface area contributed by atoms with Crippen LogP contribution in [0.2, 0.25) is 0 Å². The van der Waals surface area contributed by atoms with Crippen molar-refractivity contribution in [3.8, 4) is 0 Å². The Bertz CT molecular complexity index is 619. The number of rotatable bonds is 1. The molecule has 1 fully saturated rings. The van der Waals surface area contributed by atoms with Crippen molar-refractivity contribution < 1.29 is 4.79 Å². The highest BCUT2D eigenvalue weighted by Gasteiger charge is 2.25. The van der Waals surface area contributed by atoms with E-state index in [0.29, 0.717) is 0 Å². The van der Waals surface area contributed by atoms with Crippen molar-refractivity contribution >= 4 is 16.8 Å². The number of nitrogens with one attached hydrogen (secondary N) is 1. The van der Waals surface area contributed by atoms with Gasteiger partial charge in [0.25, 0.3) is 5.91 Å². The van der Waals surface area contributed by atoms with E-state index < -0.39 is 0 Å². The third-order valence-electron chi connectivity index (χ3n) is 4.13. The van der Waals surface area contributed by atoms with Gasteiger partial charge in [0, 0.05) is 41.8 Å². The van der Waals surface area contributed by atoms with Crippen molar-refractivity contribution in [2.45, 2.75) is 19.4 Å². The number of aromatic amines is 1. The van der Waals surface area contributed by atoms with Crippen molar-refractivity contribution in [1.29, 1.82) is 0 Å². The monoisotopic (exact) mass is 271 g/mol. The highest BCUT2D eigenvalue weighted by Crippen LogP contribution is 2.21. The summed E-state index contributed by atoms with van der Waals surface area (Å²) in [5, 5.41) is 1.02. The third kappa shape index (κ3) is 2.31. The number of hydrogen-bond acceptors (Lipinski definition) is 2. The Morgan fingerprint density at radius 1 is 1.30 bits per heavy atom. The van der Waals surface area contributed by atoms with Gasteiger partial charge in [0.15, 0.2) is 0 Å². The normalized spacial score (nSPS) is 21.1. The maximum atomic E-state index is 12.9. The lowest BCUT2D eigenvalue weighted by Crippen LogP contribution is -2.42. The fraction of sp³-hybridized carbons (Fsp3) is 0.438. The quantitative estimate of drug-likeness (QED) is 0.864. The number of carbonyl (C=O) groups excluding carboxylic acids is 1. The molecule has 0 saturated carbocycles. The smallest absolute Gasteiger partial charge is 0.254 e. The molecule has 0 aliphatic carbocycles. The summed E-state index contributed by atoms with van der Waals surface area (Å²) in [7, 11) is 2.12. The zero-order valence-electron chi connectivity index (χ0n) is 12.1. The molecule has 3 rings (SSSR count). The van der Waals surface area contributed by atoms with Crippen LogP contribution in [0, 0.1) is 0 Å². The molecule has 1 N–H and O–H groups in total. The van der Waals surface area contributed by atoms with E-state index >= 15 is 0 Å². The van der Waals surface area contributed by atoms with Crippen LogP contribution in [-0.2, 0) is 0 Å². The van der Waals surface area contributed by atoms with E-state index in [-0.39, 0.29) is 11.9 Å². The predicted molar refractivity (Wildman–Crippen MR) is 80.9 cm³/mol. The van der Waals surface area contributed by atoms with E-state index in [2.05, 4.69) is 23.9 Å². The lowest BCUT2D eigenvalue weighted by molar-refractivity contribution is 0.0698. The molecule has 1 unspecified atom stereocenters. The average molecular weight is 271 g/mol. The first kappa shape index (κ1) is 13.2. The van der Waals surface area contributed by atoms with Crippen LogP contribution in [0.25, 0.3) is 10.9 Å². The minimum Gasteiger partial charge on any atom is -0.361 e. The van der Waals surface area contributed by atoms with E-state index in [1.165, 1.54) is 0 Å². The molecule has 1 atom stereocenters. The van der Waals surface area contributed by atoms with Gasteiger partial charge in [0.1, 0.15) is 0 Å². The number of carbonyl (C=O) groups is 1. The van der Waals surface area contributed by atoms with Crippen LogP contribution in [0.15, 0.2) is 30.5 Å². The van der Waals surface area contributed by atoms with Gasteiger partial charge in [-0.3, -0.25) is 4.79 Å². The van der Waals surface area contributed by atoms with E-state index in [4.69, 9.17) is 0 Å². The molecule has 1 aromatic carbocycles. The summed E-state index contributed by atoms with van der Waals surface area (Å²) in [5.74, 6) is 0.151. The van der Waals surface area contributed by atoms with Crippen LogP contribution in [-0.4, -0.2) is 53.4 Å². The van der Waals surface area contributed by atoms with Gasteiger partial charge >= 0.3 is 0 Å². The molecular weight excluding hydrogens is 250 g/mol. The topological polar surface area (TPSA) is 39.3 Å². The van der Waals surface area contributed by atoms with Gasteiger partial charge < -0.3 is 14.8 Å². The summed E-state index contributed by atoms with van der Waals surface area (Å²) in [4.78, 5) is 20.4. The second-order valence-electron chi connectivity index (χ2n) is 5.71. The van der Waals surface area contributed by atoms with E-state index in [9.17, 15) is 4.79 Å². The van der Waals surface area contributed by atoms with E-state index in [0.717, 1.165) is 42.5 Å². The lowest BCUT2D eigenvalue weighted by atomic mass is 10.1. The molecule has 106 valence electrons. The van der Waals surface area contributed by atoms with Crippen molar-refractivity contribution in [1.82, 2.24) is 14.8 Å². The largest absolute Gasteiger partial charge is 0.361 e. The molecular formula is C16H21N3O. The molecule has 1 amide bonds. The zero-order valence-corrected chi connectivity index (χ0v) is 12.1. The summed E-state index contributed by atoms with van der Waals surface area (Å²) in [6.07, 6.45) is 2.93. The van der Waals surface area contributed by atoms with Gasteiger partial charge in [-0.2, -0.15) is 0 Å². The van der Waals surface area contributed by atoms with E-state index in [1.807, 2.05) is 35.4 Å². The minimum atomic E-state index is 0.151. The van der Waals surface area contributed by atoms with E-state index in [1.54, 1.807) is 0 Å². The molecule has 1 aliphatic rings. The summed E-state index contributed by atoms with van der Waals surface area (Å²) in [5.41, 5.74) is 1.83. The number of fused-ring (bicyclic) bond motifs is 1. The SMILES string of the molecule is CC1CN(C)CCCN1C(=O)c1cccc2[nH]ccc12. The van der Waals surface area contributed by atoms with Crippen LogP contribution < -0.4 is 0 Å². The van der Waals surface area contributed by atoms with Crippen LogP contribution >= 0.6 is 0 Å². The van der Waals surface area contributed by atoms with Gasteiger partial charge in [-0.25, -0.2) is 0 Å². The second-order valence-corrected chi connectivity index (χ2v) is 5.71. The second kappa shape index (κ2) is 5.29. The fourth-order valence-corrected chi connectivity index (χ4v) is 3.10. The summed E-state index contributed by atoms with van der Waals surface area (Å²) < 4.78 is 0. The highest BCUT2D eigenvalue weighted by atomic mass is 16.2. The molecule has 1 saturated heterocycles. The Labute approximate surface area is 119 Å². The zero-order chi connectivity index (χ0) is 14.1. The summed E-state index contributed by atoms with van der Waals surface area (Å²) in [6.45, 7) is 4.97. The Hall–Kier alpha value is -1.81. The number of likely N-dealkylation sites (N-methyl/N-ethyl adjacent to an activating group) is 1. The molecule has 4 heteroatoms. The van der Waals surface area contributed by atoms with Crippen molar-refractivity contribution in [3.05, 3.63) is 36.0 Å². The van der Waals surface area contributed by atoms with Crippen LogP contribution in [0.3, 0.4) is 0 Å². The predicted octanol–water partition coefficient (Wildman–Crippen LogP) is 2.33. The Morgan fingerprint density at radius 2 is 2.15 bits per heavy atom. The Balaban J connectivity index is 1.93. The first-order valence-electron chi connectivity index (χ1n) is 7.22. The Kier molecular flexibility index (Phi) is 3.49. The number of hydrogen-bond donors (Lipinski definition) is 1. The van der Waals surface area contributed by atoms with Crippen LogP contribution in [0.5, 0.6) is 0 Å². The number of benzene rings is 1. The maximum absolute atomic E-state index is 12.9. The van der Waals surface area contributed by atoms with Crippen LogP contribution in [0.1, 0.15) is 23.7 Å². The summed E-state index contributed by atoms with van der Waals surface area (Å²) >= 11 is 0. The molecule has 1 aliphatic heterocycles. The molecule has 1 aromatic heterocycles. The first-order chi connectivity index (χ1) is 9.66. The molecule has 0 bridgehead atoms. The van der Waals surface area contributed by atoms with Crippen molar-refractivity contribution in [3.63, 3.8) is 0 Å². The maximum Gasteiger partial charge on any atom is 0.254 e. The third-order valence-corrected chi connectivity index (χ3v) is 4.13. The van der Waals surface area contributed by atoms with Gasteiger partial charge in [-0.15, -0.1) is 0 Å². The number of nitrogens with zero attached hydrogens (tertiary/aromatic N) is 2. The summed E-state index contributed by atoms with van der Waals surface area (Å²) in [6, 6.07) is 8.12. The number of aromatic nitrogens is 1. The lowest BCUT2D eigenvalue weighted by Gasteiger charge is -2.28. The molecule has 0 radical (unpaired) electrons. The highest BCUT2D eigenvalue weighted by molar-refractivity contribution is 6.06. The van der Waals surface area contributed by atoms with Gasteiger partial charge in [0.05, 0.1) is 0 Å².